The number of thioether (sulfide) groups is 1. The van der Waals surface area contributed by atoms with Crippen LogP contribution in [0.15, 0.2) is 40.9 Å². The zero-order valence-electron chi connectivity index (χ0n) is 19.2. The Labute approximate surface area is 203 Å². The SMILES string of the molecule is COc1ccc(-c2nnc(SC(C)C(=O)N3CCc4sccc4C3)n2C2CCCCC2)cc1. The Balaban J connectivity index is 1.38. The first kappa shape index (κ1) is 22.5. The number of amides is 1. The summed E-state index contributed by atoms with van der Waals surface area (Å²) in [4.78, 5) is 16.7. The molecule has 1 aliphatic heterocycles. The Morgan fingerprint density at radius 1 is 1.15 bits per heavy atom. The number of thiophene rings is 1. The van der Waals surface area contributed by atoms with Crippen molar-refractivity contribution in [1.29, 1.82) is 0 Å². The Hall–Kier alpha value is -2.32. The van der Waals surface area contributed by atoms with Gasteiger partial charge >= 0.3 is 0 Å². The summed E-state index contributed by atoms with van der Waals surface area (Å²) in [6.07, 6.45) is 6.94. The van der Waals surface area contributed by atoms with Gasteiger partial charge in [-0.3, -0.25) is 9.36 Å². The molecule has 0 N–H and O–H groups in total. The fourth-order valence-electron chi connectivity index (χ4n) is 4.86. The molecule has 1 aromatic carbocycles. The normalized spacial score (nSPS) is 17.6. The average molecular weight is 483 g/mol. The number of carbonyl (C=O) groups is 1. The molecule has 5 rings (SSSR count). The average Bonchev–Trinajstić information content (AvgIpc) is 3.50. The number of ether oxygens (including phenoxy) is 1. The topological polar surface area (TPSA) is 60.3 Å². The predicted octanol–water partition coefficient (Wildman–Crippen LogP) is 5.59. The third-order valence-electron chi connectivity index (χ3n) is 6.70. The summed E-state index contributed by atoms with van der Waals surface area (Å²) in [5.74, 6) is 1.89. The van der Waals surface area contributed by atoms with E-state index in [9.17, 15) is 4.79 Å². The Morgan fingerprint density at radius 2 is 1.94 bits per heavy atom. The molecule has 0 saturated heterocycles. The highest BCUT2D eigenvalue weighted by Crippen LogP contribution is 2.37. The molecule has 0 spiro atoms. The molecule has 2 aromatic heterocycles. The van der Waals surface area contributed by atoms with Crippen molar-refractivity contribution in [3.05, 3.63) is 46.2 Å². The van der Waals surface area contributed by atoms with Crippen molar-refractivity contribution in [3.8, 4) is 17.1 Å². The van der Waals surface area contributed by atoms with Crippen molar-refractivity contribution in [2.75, 3.05) is 13.7 Å². The third-order valence-corrected chi connectivity index (χ3v) is 8.77. The molecule has 1 unspecified atom stereocenters. The Bertz CT molecular complexity index is 1100. The van der Waals surface area contributed by atoms with E-state index < -0.39 is 0 Å². The minimum absolute atomic E-state index is 0.182. The summed E-state index contributed by atoms with van der Waals surface area (Å²) in [6.45, 7) is 3.52. The Kier molecular flexibility index (Phi) is 6.74. The van der Waals surface area contributed by atoms with Crippen LogP contribution in [0.25, 0.3) is 11.4 Å². The lowest BCUT2D eigenvalue weighted by Crippen LogP contribution is -2.39. The molecule has 8 heteroatoms. The molecule has 2 aliphatic rings. The van der Waals surface area contributed by atoms with Gasteiger partial charge in [-0.25, -0.2) is 0 Å². The zero-order valence-corrected chi connectivity index (χ0v) is 20.8. The second-order valence-corrected chi connectivity index (χ2v) is 11.1. The van der Waals surface area contributed by atoms with Crippen LogP contribution in [0.1, 0.15) is 55.5 Å². The van der Waals surface area contributed by atoms with Gasteiger partial charge < -0.3 is 9.64 Å². The largest absolute Gasteiger partial charge is 0.497 e. The van der Waals surface area contributed by atoms with Gasteiger partial charge in [-0.15, -0.1) is 21.5 Å². The number of nitrogens with zero attached hydrogens (tertiary/aromatic N) is 4. The van der Waals surface area contributed by atoms with Gasteiger partial charge in [0, 0.05) is 29.6 Å². The lowest BCUT2D eigenvalue weighted by molar-refractivity contribution is -0.131. The van der Waals surface area contributed by atoms with E-state index in [0.29, 0.717) is 6.04 Å². The van der Waals surface area contributed by atoms with E-state index >= 15 is 0 Å². The van der Waals surface area contributed by atoms with Crippen LogP contribution < -0.4 is 4.74 Å². The van der Waals surface area contributed by atoms with Crippen molar-refractivity contribution < 1.29 is 9.53 Å². The molecule has 3 aromatic rings. The fraction of sp³-hybridized carbons (Fsp3) is 0.480. The monoisotopic (exact) mass is 482 g/mol. The second kappa shape index (κ2) is 9.89. The first-order chi connectivity index (χ1) is 16.1. The molecule has 1 amide bonds. The van der Waals surface area contributed by atoms with E-state index in [1.807, 2.05) is 36.1 Å². The van der Waals surface area contributed by atoms with Gasteiger partial charge in [-0.05, 0) is 67.5 Å². The molecule has 1 aliphatic carbocycles. The number of fused-ring (bicyclic) bond motifs is 1. The first-order valence-electron chi connectivity index (χ1n) is 11.7. The van der Waals surface area contributed by atoms with Crippen LogP contribution in [0.5, 0.6) is 5.75 Å². The summed E-state index contributed by atoms with van der Waals surface area (Å²) < 4.78 is 7.62. The van der Waals surface area contributed by atoms with E-state index in [1.165, 1.54) is 29.7 Å². The van der Waals surface area contributed by atoms with Crippen LogP contribution in [0.2, 0.25) is 0 Å². The second-order valence-electron chi connectivity index (χ2n) is 8.84. The van der Waals surface area contributed by atoms with Crippen molar-refractivity contribution in [1.82, 2.24) is 19.7 Å². The molecule has 1 saturated carbocycles. The quantitative estimate of drug-likeness (QED) is 0.429. The fourth-order valence-corrected chi connectivity index (χ4v) is 6.76. The minimum Gasteiger partial charge on any atom is -0.497 e. The van der Waals surface area contributed by atoms with Crippen LogP contribution in [0, 0.1) is 0 Å². The highest BCUT2D eigenvalue weighted by molar-refractivity contribution is 8.00. The summed E-state index contributed by atoms with van der Waals surface area (Å²) in [5.41, 5.74) is 2.32. The maximum atomic E-state index is 13.3. The van der Waals surface area contributed by atoms with Crippen molar-refractivity contribution >= 4 is 29.0 Å². The molecule has 174 valence electrons. The van der Waals surface area contributed by atoms with Crippen molar-refractivity contribution in [2.45, 2.75) is 68.4 Å². The highest BCUT2D eigenvalue weighted by atomic mass is 32.2. The van der Waals surface area contributed by atoms with Crippen LogP contribution in [-0.4, -0.2) is 44.5 Å². The smallest absolute Gasteiger partial charge is 0.236 e. The lowest BCUT2D eigenvalue weighted by Gasteiger charge is -2.30. The molecular weight excluding hydrogens is 452 g/mol. The van der Waals surface area contributed by atoms with Gasteiger partial charge in [-0.1, -0.05) is 31.0 Å². The lowest BCUT2D eigenvalue weighted by atomic mass is 9.95. The molecule has 1 atom stereocenters. The molecular formula is C25H30N4O2S2. The number of hydrogen-bond donors (Lipinski definition) is 0. The predicted molar refractivity (Wildman–Crippen MR) is 133 cm³/mol. The molecule has 0 bridgehead atoms. The highest BCUT2D eigenvalue weighted by Gasteiger charge is 2.30. The maximum Gasteiger partial charge on any atom is 0.236 e. The standard InChI is InChI=1S/C25H30N4O2S2/c1-17(24(30)28-14-12-22-19(16-28)13-15-32-22)33-25-27-26-23(18-8-10-21(31-2)11-9-18)29(25)20-6-4-3-5-7-20/h8-11,13,15,17,20H,3-7,12,14,16H2,1-2H3. The molecule has 6 nitrogen and oxygen atoms in total. The summed E-state index contributed by atoms with van der Waals surface area (Å²) in [5, 5.41) is 11.9. The van der Waals surface area contributed by atoms with Gasteiger partial charge in [0.15, 0.2) is 11.0 Å². The number of aromatic nitrogens is 3. The van der Waals surface area contributed by atoms with Crippen LogP contribution in [0.4, 0.5) is 0 Å². The minimum atomic E-state index is -0.208. The number of hydrogen-bond acceptors (Lipinski definition) is 6. The van der Waals surface area contributed by atoms with E-state index in [2.05, 4.69) is 26.2 Å². The molecule has 33 heavy (non-hydrogen) atoms. The number of carbonyl (C=O) groups excluding carboxylic acids is 1. The number of methoxy groups -OCH3 is 1. The van der Waals surface area contributed by atoms with E-state index in [-0.39, 0.29) is 11.2 Å². The third kappa shape index (κ3) is 4.68. The van der Waals surface area contributed by atoms with E-state index in [0.717, 1.165) is 54.6 Å². The van der Waals surface area contributed by atoms with Crippen molar-refractivity contribution in [3.63, 3.8) is 0 Å². The van der Waals surface area contributed by atoms with Crippen LogP contribution in [-0.2, 0) is 17.8 Å². The van der Waals surface area contributed by atoms with E-state index in [1.54, 1.807) is 30.2 Å². The van der Waals surface area contributed by atoms with Gasteiger partial charge in [0.25, 0.3) is 0 Å². The van der Waals surface area contributed by atoms with Gasteiger partial charge in [0.2, 0.25) is 5.91 Å². The summed E-state index contributed by atoms with van der Waals surface area (Å²) in [7, 11) is 1.67. The summed E-state index contributed by atoms with van der Waals surface area (Å²) >= 11 is 3.35. The van der Waals surface area contributed by atoms with Crippen LogP contribution in [0.3, 0.4) is 0 Å². The number of rotatable bonds is 6. The number of benzene rings is 1. The Morgan fingerprint density at radius 3 is 2.70 bits per heavy atom. The van der Waals surface area contributed by atoms with Crippen LogP contribution >= 0.6 is 23.1 Å². The molecule has 1 fully saturated rings. The van der Waals surface area contributed by atoms with Gasteiger partial charge in [-0.2, -0.15) is 0 Å². The molecule has 0 radical (unpaired) electrons. The first-order valence-corrected chi connectivity index (χ1v) is 13.5. The van der Waals surface area contributed by atoms with Gasteiger partial charge in [0.1, 0.15) is 5.75 Å². The van der Waals surface area contributed by atoms with Crippen molar-refractivity contribution in [2.24, 2.45) is 0 Å². The maximum absolute atomic E-state index is 13.3. The van der Waals surface area contributed by atoms with Gasteiger partial charge in [0.05, 0.1) is 12.4 Å². The molecule has 3 heterocycles. The summed E-state index contributed by atoms with van der Waals surface area (Å²) in [6, 6.07) is 10.5. The zero-order chi connectivity index (χ0) is 22.8. The van der Waals surface area contributed by atoms with E-state index in [4.69, 9.17) is 4.74 Å².